The molecule has 1 aromatic rings. The SMILES string of the molecule is CCOC(=O)C[C@@H]1CC[C@H](CNC(=O)Cc2cccs2)B(O)O1. The summed E-state index contributed by atoms with van der Waals surface area (Å²) >= 11 is 1.54. The maximum absolute atomic E-state index is 11.9. The molecule has 0 unspecified atom stereocenters. The van der Waals surface area contributed by atoms with Gasteiger partial charge in [-0.1, -0.05) is 6.07 Å². The third kappa shape index (κ3) is 5.97. The van der Waals surface area contributed by atoms with Crippen LogP contribution in [0.5, 0.6) is 0 Å². The molecule has 2 N–H and O–H groups in total. The molecule has 1 aliphatic rings. The predicted molar refractivity (Wildman–Crippen MR) is 88.1 cm³/mol. The van der Waals surface area contributed by atoms with Gasteiger partial charge in [0.25, 0.3) is 0 Å². The number of amides is 1. The van der Waals surface area contributed by atoms with Crippen molar-refractivity contribution in [3.05, 3.63) is 22.4 Å². The number of nitrogens with one attached hydrogen (secondary N) is 1. The lowest BCUT2D eigenvalue weighted by atomic mass is 9.66. The van der Waals surface area contributed by atoms with Gasteiger partial charge in [0, 0.05) is 17.2 Å². The Morgan fingerprint density at radius 1 is 1.52 bits per heavy atom. The molecule has 1 fully saturated rings. The van der Waals surface area contributed by atoms with Crippen molar-refractivity contribution in [3.8, 4) is 0 Å². The highest BCUT2D eigenvalue weighted by atomic mass is 32.1. The van der Waals surface area contributed by atoms with Gasteiger partial charge < -0.3 is 19.7 Å². The fourth-order valence-corrected chi connectivity index (χ4v) is 3.26. The van der Waals surface area contributed by atoms with Crippen LogP contribution in [-0.4, -0.2) is 43.3 Å². The van der Waals surface area contributed by atoms with Gasteiger partial charge >= 0.3 is 13.1 Å². The number of hydrogen-bond donors (Lipinski definition) is 2. The molecule has 0 radical (unpaired) electrons. The fraction of sp³-hybridized carbons (Fsp3) is 0.600. The number of esters is 1. The standard InChI is InChI=1S/C15H22BNO5S/c1-2-21-15(19)8-12-6-5-11(16(20)22-12)10-17-14(18)9-13-4-3-7-23-13/h3-4,7,11-12,20H,2,5-6,8-10H2,1H3,(H,17,18)/t11-,12+/m1/s1. The number of thiophene rings is 1. The number of rotatable bonds is 7. The van der Waals surface area contributed by atoms with Crippen molar-refractivity contribution < 1.29 is 24.0 Å². The summed E-state index contributed by atoms with van der Waals surface area (Å²) in [4.78, 5) is 24.3. The molecule has 2 rings (SSSR count). The van der Waals surface area contributed by atoms with Crippen molar-refractivity contribution >= 4 is 30.3 Å². The monoisotopic (exact) mass is 339 g/mol. The lowest BCUT2D eigenvalue weighted by Crippen LogP contribution is -2.42. The van der Waals surface area contributed by atoms with E-state index in [1.807, 2.05) is 17.5 Å². The second-order valence-electron chi connectivity index (χ2n) is 5.56. The van der Waals surface area contributed by atoms with Gasteiger partial charge in [-0.3, -0.25) is 9.59 Å². The van der Waals surface area contributed by atoms with E-state index in [4.69, 9.17) is 9.39 Å². The Labute approximate surface area is 140 Å². The zero-order valence-electron chi connectivity index (χ0n) is 13.2. The fourth-order valence-electron chi connectivity index (χ4n) is 2.56. The van der Waals surface area contributed by atoms with E-state index in [0.29, 0.717) is 32.4 Å². The molecule has 1 aromatic heterocycles. The van der Waals surface area contributed by atoms with E-state index in [9.17, 15) is 14.6 Å². The van der Waals surface area contributed by atoms with Gasteiger partial charge in [0.05, 0.1) is 25.6 Å². The minimum Gasteiger partial charge on any atom is -0.466 e. The first kappa shape index (κ1) is 18.0. The van der Waals surface area contributed by atoms with Crippen LogP contribution in [0.4, 0.5) is 0 Å². The second kappa shape index (κ2) is 9.05. The van der Waals surface area contributed by atoms with Gasteiger partial charge in [-0.2, -0.15) is 0 Å². The summed E-state index contributed by atoms with van der Waals surface area (Å²) in [5.41, 5.74) is 0. The van der Waals surface area contributed by atoms with Crippen LogP contribution in [-0.2, 0) is 25.4 Å². The Morgan fingerprint density at radius 3 is 3.00 bits per heavy atom. The highest BCUT2D eigenvalue weighted by molar-refractivity contribution is 7.10. The van der Waals surface area contributed by atoms with Gasteiger partial charge in [0.2, 0.25) is 5.91 Å². The van der Waals surface area contributed by atoms with Crippen molar-refractivity contribution in [1.29, 1.82) is 0 Å². The Hall–Kier alpha value is -1.38. The van der Waals surface area contributed by atoms with Crippen LogP contribution < -0.4 is 5.32 Å². The summed E-state index contributed by atoms with van der Waals surface area (Å²) in [6.07, 6.45) is 1.56. The van der Waals surface area contributed by atoms with E-state index in [1.54, 1.807) is 18.3 Å². The molecule has 0 saturated carbocycles. The zero-order chi connectivity index (χ0) is 16.7. The molecule has 8 heteroatoms. The first-order valence-electron chi connectivity index (χ1n) is 7.86. The van der Waals surface area contributed by atoms with E-state index in [1.165, 1.54) is 0 Å². The van der Waals surface area contributed by atoms with Crippen LogP contribution in [0.1, 0.15) is 31.1 Å². The Bertz CT molecular complexity index is 510. The van der Waals surface area contributed by atoms with Crippen molar-refractivity contribution in [2.75, 3.05) is 13.2 Å². The summed E-state index contributed by atoms with van der Waals surface area (Å²) in [5.74, 6) is -0.526. The zero-order valence-corrected chi connectivity index (χ0v) is 14.0. The number of carbonyl (C=O) groups is 2. The van der Waals surface area contributed by atoms with Crippen LogP contribution >= 0.6 is 11.3 Å². The third-order valence-electron chi connectivity index (χ3n) is 3.77. The summed E-state index contributed by atoms with van der Waals surface area (Å²) < 4.78 is 10.3. The molecule has 1 saturated heterocycles. The van der Waals surface area contributed by atoms with Crippen molar-refractivity contribution in [1.82, 2.24) is 5.32 Å². The Kier molecular flexibility index (Phi) is 7.07. The molecule has 1 amide bonds. The van der Waals surface area contributed by atoms with Gasteiger partial charge in [-0.25, -0.2) is 0 Å². The van der Waals surface area contributed by atoms with Crippen LogP contribution in [0.3, 0.4) is 0 Å². The molecule has 0 spiro atoms. The largest absolute Gasteiger partial charge is 0.466 e. The van der Waals surface area contributed by atoms with Crippen LogP contribution in [0.2, 0.25) is 5.82 Å². The molecule has 1 aliphatic heterocycles. The normalized spacial score (nSPS) is 21.0. The van der Waals surface area contributed by atoms with E-state index in [2.05, 4.69) is 5.32 Å². The molecular weight excluding hydrogens is 317 g/mol. The lowest BCUT2D eigenvalue weighted by molar-refractivity contribution is -0.145. The first-order valence-corrected chi connectivity index (χ1v) is 8.74. The highest BCUT2D eigenvalue weighted by Gasteiger charge is 2.35. The summed E-state index contributed by atoms with van der Waals surface area (Å²) in [6, 6.07) is 3.83. The molecule has 0 bridgehead atoms. The Balaban J connectivity index is 1.69. The second-order valence-corrected chi connectivity index (χ2v) is 6.59. The van der Waals surface area contributed by atoms with Gasteiger partial charge in [-0.05, 0) is 31.2 Å². The Morgan fingerprint density at radius 2 is 2.35 bits per heavy atom. The smallest absolute Gasteiger partial charge is 0.459 e. The topological polar surface area (TPSA) is 84.9 Å². The van der Waals surface area contributed by atoms with Crippen LogP contribution in [0.25, 0.3) is 0 Å². The molecular formula is C15H22BNO5S. The average Bonchev–Trinajstić information content (AvgIpc) is 2.99. The van der Waals surface area contributed by atoms with Crippen molar-refractivity contribution in [2.24, 2.45) is 0 Å². The van der Waals surface area contributed by atoms with Crippen LogP contribution in [0.15, 0.2) is 17.5 Å². The van der Waals surface area contributed by atoms with Crippen molar-refractivity contribution in [3.63, 3.8) is 0 Å². The number of hydrogen-bond acceptors (Lipinski definition) is 6. The summed E-state index contributed by atoms with van der Waals surface area (Å²) in [5, 5.41) is 14.8. The first-order chi connectivity index (χ1) is 11.1. The van der Waals surface area contributed by atoms with E-state index in [-0.39, 0.29) is 30.2 Å². The van der Waals surface area contributed by atoms with E-state index < -0.39 is 7.12 Å². The number of carbonyl (C=O) groups excluding carboxylic acids is 2. The third-order valence-corrected chi connectivity index (χ3v) is 4.65. The molecule has 2 heterocycles. The highest BCUT2D eigenvalue weighted by Crippen LogP contribution is 2.27. The summed E-state index contributed by atoms with van der Waals surface area (Å²) in [7, 11) is -0.967. The summed E-state index contributed by atoms with van der Waals surface area (Å²) in [6.45, 7) is 2.47. The van der Waals surface area contributed by atoms with E-state index >= 15 is 0 Å². The molecule has 126 valence electrons. The van der Waals surface area contributed by atoms with Gasteiger partial charge in [-0.15, -0.1) is 11.3 Å². The quantitative estimate of drug-likeness (QED) is 0.579. The van der Waals surface area contributed by atoms with E-state index in [0.717, 1.165) is 4.88 Å². The molecule has 6 nitrogen and oxygen atoms in total. The molecule has 0 aromatic carbocycles. The predicted octanol–water partition coefficient (Wildman–Crippen LogP) is 1.39. The maximum Gasteiger partial charge on any atom is 0.459 e. The lowest BCUT2D eigenvalue weighted by Gasteiger charge is -2.30. The maximum atomic E-state index is 11.9. The molecule has 23 heavy (non-hydrogen) atoms. The molecule has 0 aliphatic carbocycles. The minimum atomic E-state index is -0.967. The van der Waals surface area contributed by atoms with Gasteiger partial charge in [0.1, 0.15) is 0 Å². The van der Waals surface area contributed by atoms with Crippen LogP contribution in [0, 0.1) is 0 Å². The minimum absolute atomic E-state index is 0.0618. The van der Waals surface area contributed by atoms with Crippen molar-refractivity contribution in [2.45, 2.75) is 44.5 Å². The molecule has 2 atom stereocenters. The van der Waals surface area contributed by atoms with Gasteiger partial charge in [0.15, 0.2) is 0 Å². The average molecular weight is 339 g/mol. The number of ether oxygens (including phenoxy) is 1.